The summed E-state index contributed by atoms with van der Waals surface area (Å²) in [6.07, 6.45) is 0.571. The fraction of sp³-hybridized carbons (Fsp3) is 0.438. The maximum absolute atomic E-state index is 13.4. The van der Waals surface area contributed by atoms with Gasteiger partial charge in [-0.25, -0.2) is 4.98 Å². The van der Waals surface area contributed by atoms with Crippen LogP contribution in [0.3, 0.4) is 0 Å². The molecule has 2 amide bonds. The summed E-state index contributed by atoms with van der Waals surface area (Å²) in [7, 11) is 3.70. The number of aromatic nitrogens is 1. The number of hydrogen-bond donors (Lipinski definition) is 2. The smallest absolute Gasteiger partial charge is 0.304 e. The zero-order valence-corrected chi connectivity index (χ0v) is 25.2. The summed E-state index contributed by atoms with van der Waals surface area (Å²) in [5.41, 5.74) is 2.48. The Morgan fingerprint density at radius 3 is 2.42 bits per heavy atom. The van der Waals surface area contributed by atoms with Crippen molar-refractivity contribution in [3.05, 3.63) is 64.0 Å². The molecule has 2 unspecified atom stereocenters. The molecular formula is C32H36N4O6S. The number of likely N-dealkylation sites (tertiary alicyclic amines) is 2. The van der Waals surface area contributed by atoms with Crippen LogP contribution in [0.25, 0.3) is 11.3 Å². The van der Waals surface area contributed by atoms with Gasteiger partial charge < -0.3 is 29.7 Å². The van der Waals surface area contributed by atoms with Crippen LogP contribution in [-0.2, 0) is 33.8 Å². The second-order valence-electron chi connectivity index (χ2n) is 12.0. The molecule has 2 N–H and O–H groups in total. The van der Waals surface area contributed by atoms with Gasteiger partial charge in [0.2, 0.25) is 5.91 Å². The van der Waals surface area contributed by atoms with Crippen LogP contribution in [0.1, 0.15) is 22.6 Å². The van der Waals surface area contributed by atoms with Crippen LogP contribution in [0.4, 0.5) is 0 Å². The molecule has 2 aromatic carbocycles. The number of carboxylic acids is 1. The molecule has 3 aromatic rings. The van der Waals surface area contributed by atoms with E-state index in [1.807, 2.05) is 40.6 Å². The van der Waals surface area contributed by atoms with Crippen molar-refractivity contribution < 1.29 is 29.0 Å². The quantitative estimate of drug-likeness (QED) is 0.362. The molecule has 3 aliphatic rings. The lowest BCUT2D eigenvalue weighted by atomic mass is 9.80. The SMILES string of the molecule is COc1cc(OCC(=O)N2CC3CN(C)CC3C2)ccc1-c1csc(CNC(=O)C2(CC(=O)O)Cc3ccccc3C2)n1. The van der Waals surface area contributed by atoms with E-state index in [9.17, 15) is 19.5 Å². The van der Waals surface area contributed by atoms with Crippen molar-refractivity contribution in [1.82, 2.24) is 20.1 Å². The lowest BCUT2D eigenvalue weighted by Crippen LogP contribution is -2.43. The van der Waals surface area contributed by atoms with Gasteiger partial charge >= 0.3 is 5.97 Å². The van der Waals surface area contributed by atoms with E-state index in [2.05, 4.69) is 17.3 Å². The number of fused-ring (bicyclic) bond motifs is 2. The molecule has 10 nitrogen and oxygen atoms in total. The Hall–Kier alpha value is -3.96. The Morgan fingerprint density at radius 1 is 1.07 bits per heavy atom. The van der Waals surface area contributed by atoms with Gasteiger partial charge in [0.15, 0.2) is 6.61 Å². The number of benzene rings is 2. The molecule has 1 aliphatic carbocycles. The van der Waals surface area contributed by atoms with E-state index in [0.717, 1.165) is 42.9 Å². The fourth-order valence-corrected chi connectivity index (χ4v) is 7.58. The van der Waals surface area contributed by atoms with E-state index in [0.29, 0.717) is 46.9 Å². The van der Waals surface area contributed by atoms with Crippen LogP contribution in [-0.4, -0.2) is 84.6 Å². The predicted molar refractivity (Wildman–Crippen MR) is 161 cm³/mol. The Bertz CT molecular complexity index is 1500. The van der Waals surface area contributed by atoms with Gasteiger partial charge in [-0.2, -0.15) is 0 Å². The second kappa shape index (κ2) is 12.0. The summed E-state index contributed by atoms with van der Waals surface area (Å²) in [5.74, 6) is 0.935. The van der Waals surface area contributed by atoms with Gasteiger partial charge in [-0.05, 0) is 55.0 Å². The van der Waals surface area contributed by atoms with Gasteiger partial charge in [-0.1, -0.05) is 24.3 Å². The Morgan fingerprint density at radius 2 is 1.77 bits per heavy atom. The standard InChI is InChI=1S/C32H36N4O6S/c1-35-14-22-16-36(17-23(22)15-35)29(37)18-42-24-7-8-25(27(9-24)41-2)26-19-43-28(34-26)13-33-31(40)32(12-30(38)39)10-20-5-3-4-6-21(20)11-32/h3-9,19,22-23H,10-18H2,1-2H3,(H,33,40)(H,38,39). The molecule has 0 radical (unpaired) electrons. The third-order valence-corrected chi connectivity index (χ3v) is 9.78. The molecule has 6 rings (SSSR count). The second-order valence-corrected chi connectivity index (χ2v) is 12.9. The lowest BCUT2D eigenvalue weighted by Gasteiger charge is -2.25. The number of carbonyl (C=O) groups excluding carboxylic acids is 2. The molecule has 0 bridgehead atoms. The highest BCUT2D eigenvalue weighted by atomic mass is 32.1. The van der Waals surface area contributed by atoms with Crippen LogP contribution in [0.15, 0.2) is 47.8 Å². The normalized spacial score (nSPS) is 20.5. The first-order valence-corrected chi connectivity index (χ1v) is 15.4. The van der Waals surface area contributed by atoms with E-state index in [4.69, 9.17) is 14.5 Å². The molecule has 1 aromatic heterocycles. The minimum atomic E-state index is -1.01. The molecular weight excluding hydrogens is 568 g/mol. The van der Waals surface area contributed by atoms with E-state index >= 15 is 0 Å². The number of rotatable bonds is 10. The predicted octanol–water partition coefficient (Wildman–Crippen LogP) is 3.09. The first-order valence-electron chi connectivity index (χ1n) is 14.5. The topological polar surface area (TPSA) is 121 Å². The van der Waals surface area contributed by atoms with Crippen molar-refractivity contribution in [3.8, 4) is 22.8 Å². The van der Waals surface area contributed by atoms with Gasteiger partial charge in [0.05, 0.1) is 31.2 Å². The highest BCUT2D eigenvalue weighted by Gasteiger charge is 2.45. The first-order chi connectivity index (χ1) is 20.7. The molecule has 226 valence electrons. The molecule has 2 fully saturated rings. The van der Waals surface area contributed by atoms with E-state index in [-0.39, 0.29) is 31.4 Å². The molecule has 3 heterocycles. The molecule has 2 atom stereocenters. The molecule has 2 saturated heterocycles. The highest BCUT2D eigenvalue weighted by molar-refractivity contribution is 7.09. The molecule has 11 heteroatoms. The van der Waals surface area contributed by atoms with E-state index in [1.54, 1.807) is 19.2 Å². The number of nitrogens with one attached hydrogen (secondary N) is 1. The van der Waals surface area contributed by atoms with Crippen molar-refractivity contribution in [3.63, 3.8) is 0 Å². The number of methoxy groups -OCH3 is 1. The average Bonchev–Trinajstić information content (AvgIpc) is 3.76. The molecule has 0 saturated carbocycles. The Balaban J connectivity index is 1.06. The third-order valence-electron chi connectivity index (χ3n) is 8.93. The summed E-state index contributed by atoms with van der Waals surface area (Å²) in [6, 6.07) is 13.1. The summed E-state index contributed by atoms with van der Waals surface area (Å²) in [6.45, 7) is 3.84. The van der Waals surface area contributed by atoms with Gasteiger partial charge in [-0.3, -0.25) is 14.4 Å². The van der Waals surface area contributed by atoms with E-state index in [1.165, 1.54) is 11.3 Å². The number of hydrogen-bond acceptors (Lipinski definition) is 8. The van der Waals surface area contributed by atoms with Crippen molar-refractivity contribution in [2.75, 3.05) is 46.9 Å². The number of amides is 2. The van der Waals surface area contributed by atoms with Crippen molar-refractivity contribution in [2.45, 2.75) is 25.8 Å². The van der Waals surface area contributed by atoms with E-state index < -0.39 is 11.4 Å². The zero-order valence-electron chi connectivity index (χ0n) is 24.4. The lowest BCUT2D eigenvalue weighted by molar-refractivity contribution is -0.145. The van der Waals surface area contributed by atoms with Crippen LogP contribution >= 0.6 is 11.3 Å². The minimum absolute atomic E-state index is 0.00194. The van der Waals surface area contributed by atoms with Gasteiger partial charge in [-0.15, -0.1) is 11.3 Å². The highest BCUT2D eigenvalue weighted by Crippen LogP contribution is 2.40. The number of nitrogens with zero attached hydrogens (tertiary/aromatic N) is 3. The number of aliphatic carboxylic acids is 1. The fourth-order valence-electron chi connectivity index (χ4n) is 6.85. The van der Waals surface area contributed by atoms with Crippen LogP contribution in [0.2, 0.25) is 0 Å². The number of carboxylic acid groups (broad SMARTS) is 1. The minimum Gasteiger partial charge on any atom is -0.496 e. The zero-order chi connectivity index (χ0) is 30.1. The number of carbonyl (C=O) groups is 3. The average molecular weight is 605 g/mol. The Kier molecular flexibility index (Phi) is 8.11. The van der Waals surface area contributed by atoms with Crippen LogP contribution in [0.5, 0.6) is 11.5 Å². The summed E-state index contributed by atoms with van der Waals surface area (Å²) < 4.78 is 11.5. The van der Waals surface area contributed by atoms with Crippen LogP contribution < -0.4 is 14.8 Å². The third kappa shape index (κ3) is 6.09. The van der Waals surface area contributed by atoms with Gasteiger partial charge in [0, 0.05) is 43.2 Å². The largest absolute Gasteiger partial charge is 0.496 e. The number of thiazole rings is 1. The Labute approximate surface area is 254 Å². The van der Waals surface area contributed by atoms with Crippen molar-refractivity contribution in [1.29, 1.82) is 0 Å². The van der Waals surface area contributed by atoms with Crippen molar-refractivity contribution in [2.24, 2.45) is 17.3 Å². The van der Waals surface area contributed by atoms with Gasteiger partial charge in [0.1, 0.15) is 16.5 Å². The first kappa shape index (κ1) is 29.1. The van der Waals surface area contributed by atoms with Gasteiger partial charge in [0.25, 0.3) is 5.91 Å². The van der Waals surface area contributed by atoms with Crippen LogP contribution in [0, 0.1) is 17.3 Å². The molecule has 2 aliphatic heterocycles. The summed E-state index contributed by atoms with van der Waals surface area (Å²) >= 11 is 1.41. The van der Waals surface area contributed by atoms with Crippen molar-refractivity contribution >= 4 is 29.1 Å². The maximum Gasteiger partial charge on any atom is 0.304 e. The molecule has 0 spiro atoms. The number of ether oxygens (including phenoxy) is 2. The monoisotopic (exact) mass is 604 g/mol. The summed E-state index contributed by atoms with van der Waals surface area (Å²) in [4.78, 5) is 46.8. The molecule has 43 heavy (non-hydrogen) atoms. The summed E-state index contributed by atoms with van der Waals surface area (Å²) in [5, 5.41) is 15.1. The maximum atomic E-state index is 13.4.